The van der Waals surface area contributed by atoms with Crippen LogP contribution in [0, 0.1) is 11.6 Å². The summed E-state index contributed by atoms with van der Waals surface area (Å²) in [6.07, 6.45) is 4.14. The van der Waals surface area contributed by atoms with E-state index in [-0.39, 0.29) is 5.91 Å². The topological polar surface area (TPSA) is 104 Å². The van der Waals surface area contributed by atoms with E-state index in [1.807, 2.05) is 12.1 Å². The molecule has 232 valence electrons. The van der Waals surface area contributed by atoms with Crippen LogP contribution in [0.3, 0.4) is 0 Å². The highest BCUT2D eigenvalue weighted by Crippen LogP contribution is 2.41. The van der Waals surface area contributed by atoms with Gasteiger partial charge in [-0.3, -0.25) is 14.5 Å². The Bertz CT molecular complexity index is 1500. The molecule has 1 aromatic heterocycles. The second-order valence-electron chi connectivity index (χ2n) is 10.9. The van der Waals surface area contributed by atoms with E-state index in [9.17, 15) is 13.6 Å². The lowest BCUT2D eigenvalue weighted by atomic mass is 10.0. The molecule has 0 unspecified atom stereocenters. The van der Waals surface area contributed by atoms with Gasteiger partial charge in [-0.05, 0) is 36.3 Å². The number of benzene rings is 2. The smallest absolute Gasteiger partial charge is 0.247 e. The molecule has 1 amide bonds. The molecule has 0 bridgehead atoms. The number of rotatable bonds is 9. The summed E-state index contributed by atoms with van der Waals surface area (Å²) >= 11 is 0. The summed E-state index contributed by atoms with van der Waals surface area (Å²) in [6.45, 7) is 8.91. The molecule has 0 radical (unpaired) electrons. The molecule has 2 atom stereocenters. The molecule has 0 saturated carbocycles. The average Bonchev–Trinajstić information content (AvgIpc) is 3.72. The number of carbonyl (C=O) groups excluding carboxylic acids is 1. The SMILES string of the molecule is C=CC(=O)Nc1cc(Nc2cc(N3OCC[C@@H]3c3cc(F)cc(F)c3)ncn2)c(OC)cc1N1CC[C@H](N2CCOCC2)C1. The van der Waals surface area contributed by atoms with Crippen molar-refractivity contribution in [2.24, 2.45) is 0 Å². The van der Waals surface area contributed by atoms with E-state index in [0.717, 1.165) is 57.6 Å². The van der Waals surface area contributed by atoms with E-state index >= 15 is 0 Å². The number of aromatic nitrogens is 2. The Balaban J connectivity index is 1.26. The van der Waals surface area contributed by atoms with Gasteiger partial charge in [0, 0.05) is 56.8 Å². The first-order valence-corrected chi connectivity index (χ1v) is 14.6. The summed E-state index contributed by atoms with van der Waals surface area (Å²) in [4.78, 5) is 31.7. The molecule has 0 aliphatic carbocycles. The number of hydrogen-bond donors (Lipinski definition) is 2. The number of anilines is 5. The first-order chi connectivity index (χ1) is 21.4. The largest absolute Gasteiger partial charge is 0.494 e. The zero-order chi connectivity index (χ0) is 30.6. The van der Waals surface area contributed by atoms with Gasteiger partial charge in [0.15, 0.2) is 5.82 Å². The fraction of sp³-hybridized carbons (Fsp3) is 0.387. The van der Waals surface area contributed by atoms with Crippen LogP contribution in [0.4, 0.5) is 37.5 Å². The molecule has 6 rings (SSSR count). The van der Waals surface area contributed by atoms with Crippen LogP contribution in [0.5, 0.6) is 5.75 Å². The molecule has 2 aromatic carbocycles. The minimum atomic E-state index is -0.655. The molecule has 2 N–H and O–H groups in total. The van der Waals surface area contributed by atoms with Crippen LogP contribution in [-0.2, 0) is 14.4 Å². The maximum Gasteiger partial charge on any atom is 0.247 e. The lowest BCUT2D eigenvalue weighted by Gasteiger charge is -2.32. The summed E-state index contributed by atoms with van der Waals surface area (Å²) in [7, 11) is 1.58. The first kappa shape index (κ1) is 29.7. The highest BCUT2D eigenvalue weighted by atomic mass is 19.1. The Kier molecular flexibility index (Phi) is 8.87. The van der Waals surface area contributed by atoms with Crippen molar-refractivity contribution in [1.82, 2.24) is 14.9 Å². The van der Waals surface area contributed by atoms with Gasteiger partial charge in [0.25, 0.3) is 0 Å². The predicted octanol–water partition coefficient (Wildman–Crippen LogP) is 4.43. The van der Waals surface area contributed by atoms with Crippen LogP contribution < -0.4 is 25.3 Å². The number of halogens is 2. The third kappa shape index (κ3) is 6.44. The van der Waals surface area contributed by atoms with Crippen molar-refractivity contribution in [3.8, 4) is 5.75 Å². The second-order valence-corrected chi connectivity index (χ2v) is 10.9. The minimum Gasteiger partial charge on any atom is -0.494 e. The number of hydrogen-bond acceptors (Lipinski definition) is 10. The average molecular weight is 608 g/mol. The lowest BCUT2D eigenvalue weighted by molar-refractivity contribution is -0.111. The fourth-order valence-electron chi connectivity index (χ4n) is 6.02. The number of hydroxylamine groups is 1. The van der Waals surface area contributed by atoms with Gasteiger partial charge in [-0.2, -0.15) is 0 Å². The summed E-state index contributed by atoms with van der Waals surface area (Å²) < 4.78 is 39.2. The van der Waals surface area contributed by atoms with Crippen LogP contribution in [0.25, 0.3) is 0 Å². The van der Waals surface area contributed by atoms with Gasteiger partial charge in [-0.1, -0.05) is 6.58 Å². The number of ether oxygens (including phenoxy) is 2. The number of morpholine rings is 1. The number of nitrogens with zero attached hydrogens (tertiary/aromatic N) is 5. The molecule has 11 nitrogen and oxygen atoms in total. The van der Waals surface area contributed by atoms with Crippen molar-refractivity contribution >= 4 is 34.6 Å². The van der Waals surface area contributed by atoms with Gasteiger partial charge < -0.3 is 25.0 Å². The fourth-order valence-corrected chi connectivity index (χ4v) is 6.02. The number of nitrogens with one attached hydrogen (secondary N) is 2. The Morgan fingerprint density at radius 2 is 1.82 bits per heavy atom. The van der Waals surface area contributed by atoms with Crippen molar-refractivity contribution in [3.05, 3.63) is 72.6 Å². The normalized spacial score (nSPS) is 20.5. The Labute approximate surface area is 254 Å². The quantitative estimate of drug-likeness (QED) is 0.340. The molecule has 4 heterocycles. The monoisotopic (exact) mass is 607 g/mol. The van der Waals surface area contributed by atoms with Gasteiger partial charge in [0.1, 0.15) is 29.5 Å². The summed E-state index contributed by atoms with van der Waals surface area (Å²) in [6, 6.07) is 8.79. The third-order valence-electron chi connectivity index (χ3n) is 8.14. The summed E-state index contributed by atoms with van der Waals surface area (Å²) in [5.74, 6) is -0.250. The second kappa shape index (κ2) is 13.1. The molecule has 0 spiro atoms. The Morgan fingerprint density at radius 3 is 2.57 bits per heavy atom. The van der Waals surface area contributed by atoms with E-state index in [1.165, 1.54) is 29.6 Å². The molecule has 3 saturated heterocycles. The predicted molar refractivity (Wildman–Crippen MR) is 162 cm³/mol. The van der Waals surface area contributed by atoms with Crippen LogP contribution in [0.1, 0.15) is 24.4 Å². The van der Waals surface area contributed by atoms with Gasteiger partial charge in [0.05, 0.1) is 50.0 Å². The zero-order valence-corrected chi connectivity index (χ0v) is 24.5. The van der Waals surface area contributed by atoms with E-state index in [0.29, 0.717) is 53.4 Å². The van der Waals surface area contributed by atoms with Crippen LogP contribution in [0.2, 0.25) is 0 Å². The highest BCUT2D eigenvalue weighted by molar-refractivity contribution is 6.02. The Morgan fingerprint density at radius 1 is 1.02 bits per heavy atom. The van der Waals surface area contributed by atoms with Crippen molar-refractivity contribution in [2.45, 2.75) is 24.9 Å². The Hall–Kier alpha value is -4.33. The number of carbonyl (C=O) groups is 1. The molecular weight excluding hydrogens is 572 g/mol. The van der Waals surface area contributed by atoms with E-state index in [1.54, 1.807) is 13.2 Å². The standard InChI is InChI=1S/C31H35F2N7O4/c1-3-31(41)37-24-15-25(28(42-2)16-27(24)39-6-4-23(18-39)38-7-10-43-11-8-38)36-29-17-30(35-19-34-29)40-26(5-9-44-40)20-12-21(32)14-22(33)13-20/h3,12-17,19,23,26H,1,4-11,18H2,2H3,(H,37,41)(H,34,35,36)/t23-,26+/m0/s1. The maximum absolute atomic E-state index is 14.0. The lowest BCUT2D eigenvalue weighted by Crippen LogP contribution is -2.44. The van der Waals surface area contributed by atoms with Crippen molar-refractivity contribution in [3.63, 3.8) is 0 Å². The van der Waals surface area contributed by atoms with Crippen LogP contribution in [-0.4, -0.2) is 79.9 Å². The van der Waals surface area contributed by atoms with E-state index in [2.05, 4.69) is 37.0 Å². The highest BCUT2D eigenvalue weighted by Gasteiger charge is 2.32. The summed E-state index contributed by atoms with van der Waals surface area (Å²) in [5.41, 5.74) is 2.46. The van der Waals surface area contributed by atoms with Gasteiger partial charge in [-0.15, -0.1) is 0 Å². The van der Waals surface area contributed by atoms with Crippen molar-refractivity contribution < 1.29 is 27.9 Å². The van der Waals surface area contributed by atoms with Crippen molar-refractivity contribution in [2.75, 3.05) is 73.7 Å². The first-order valence-electron chi connectivity index (χ1n) is 14.6. The van der Waals surface area contributed by atoms with Gasteiger partial charge in [-0.25, -0.2) is 23.8 Å². The van der Waals surface area contributed by atoms with Crippen LogP contribution in [0.15, 0.2) is 55.4 Å². The summed E-state index contributed by atoms with van der Waals surface area (Å²) in [5, 5.41) is 7.76. The molecule has 3 aromatic rings. The molecule has 3 fully saturated rings. The van der Waals surface area contributed by atoms with E-state index in [4.69, 9.17) is 14.3 Å². The maximum atomic E-state index is 14.0. The van der Waals surface area contributed by atoms with Crippen LogP contribution >= 0.6 is 0 Å². The molecular formula is C31H35F2N7O4. The zero-order valence-electron chi connectivity index (χ0n) is 24.5. The third-order valence-corrected chi connectivity index (χ3v) is 8.14. The van der Waals surface area contributed by atoms with E-state index < -0.39 is 17.7 Å². The number of methoxy groups -OCH3 is 1. The van der Waals surface area contributed by atoms with Gasteiger partial charge >= 0.3 is 0 Å². The van der Waals surface area contributed by atoms with Crippen molar-refractivity contribution in [1.29, 1.82) is 0 Å². The molecule has 3 aliphatic heterocycles. The van der Waals surface area contributed by atoms with Gasteiger partial charge in [0.2, 0.25) is 5.91 Å². The molecule has 13 heteroatoms. The minimum absolute atomic E-state index is 0.332. The molecule has 44 heavy (non-hydrogen) atoms. The molecule has 3 aliphatic rings. The number of amides is 1.